The second kappa shape index (κ2) is 9.50. The van der Waals surface area contributed by atoms with E-state index in [4.69, 9.17) is 6.42 Å². The molecule has 98 valence electrons. The van der Waals surface area contributed by atoms with Crippen LogP contribution >= 0.6 is 0 Å². The summed E-state index contributed by atoms with van der Waals surface area (Å²) in [5.41, 5.74) is 0. The molecule has 1 fully saturated rings. The van der Waals surface area contributed by atoms with Gasteiger partial charge in [0.05, 0.1) is 6.54 Å². The van der Waals surface area contributed by atoms with Crippen molar-refractivity contribution in [2.24, 2.45) is 5.92 Å². The van der Waals surface area contributed by atoms with Crippen LogP contribution in [0.5, 0.6) is 0 Å². The lowest BCUT2D eigenvalue weighted by molar-refractivity contribution is 0.286. The Labute approximate surface area is 107 Å². The van der Waals surface area contributed by atoms with E-state index in [0.29, 0.717) is 0 Å². The van der Waals surface area contributed by atoms with Crippen molar-refractivity contribution in [2.45, 2.75) is 45.4 Å². The van der Waals surface area contributed by atoms with E-state index in [2.05, 4.69) is 23.1 Å². The maximum atomic E-state index is 5.41. The van der Waals surface area contributed by atoms with Gasteiger partial charge < -0.3 is 5.32 Å². The molecule has 1 aliphatic carbocycles. The topological polar surface area (TPSA) is 15.3 Å². The highest BCUT2D eigenvalue weighted by Gasteiger charge is 2.23. The normalized spacial score (nSPS) is 15.1. The lowest BCUT2D eigenvalue weighted by atomic mass is 10.2. The van der Waals surface area contributed by atoms with Gasteiger partial charge in [0, 0.05) is 6.54 Å². The van der Waals surface area contributed by atoms with Gasteiger partial charge in [0.15, 0.2) is 0 Å². The Hall–Kier alpha value is -0.520. The van der Waals surface area contributed by atoms with Gasteiger partial charge in [0.2, 0.25) is 0 Å². The van der Waals surface area contributed by atoms with Crippen LogP contribution in [0.2, 0.25) is 0 Å². The Balaban J connectivity index is 1.92. The first-order chi connectivity index (χ1) is 8.36. The Morgan fingerprint density at radius 3 is 2.65 bits per heavy atom. The zero-order valence-corrected chi connectivity index (χ0v) is 11.4. The maximum Gasteiger partial charge on any atom is 0.0599 e. The highest BCUT2D eigenvalue weighted by atomic mass is 15.1. The molecule has 0 aromatic carbocycles. The van der Waals surface area contributed by atoms with Gasteiger partial charge >= 0.3 is 0 Å². The van der Waals surface area contributed by atoms with Crippen molar-refractivity contribution in [3.8, 4) is 12.3 Å². The maximum absolute atomic E-state index is 5.41. The molecule has 1 N–H and O–H groups in total. The monoisotopic (exact) mass is 236 g/mol. The average Bonchev–Trinajstić information content (AvgIpc) is 3.12. The summed E-state index contributed by atoms with van der Waals surface area (Å²) in [7, 11) is 0. The van der Waals surface area contributed by atoms with Gasteiger partial charge in [-0.1, -0.05) is 25.7 Å². The zero-order valence-electron chi connectivity index (χ0n) is 11.4. The molecule has 0 heterocycles. The molecule has 0 atom stereocenters. The predicted octanol–water partition coefficient (Wildman–Crippen LogP) is 2.50. The number of nitrogens with zero attached hydrogens (tertiary/aromatic N) is 1. The van der Waals surface area contributed by atoms with Crippen LogP contribution in [0.25, 0.3) is 0 Å². The van der Waals surface area contributed by atoms with Crippen molar-refractivity contribution in [3.63, 3.8) is 0 Å². The van der Waals surface area contributed by atoms with Crippen molar-refractivity contribution in [1.82, 2.24) is 10.2 Å². The van der Waals surface area contributed by atoms with Crippen LogP contribution in [0.3, 0.4) is 0 Å². The van der Waals surface area contributed by atoms with E-state index in [1.807, 2.05) is 0 Å². The van der Waals surface area contributed by atoms with Crippen molar-refractivity contribution >= 4 is 0 Å². The summed E-state index contributed by atoms with van der Waals surface area (Å²) < 4.78 is 0. The van der Waals surface area contributed by atoms with Crippen LogP contribution in [0.15, 0.2) is 0 Å². The molecule has 1 rings (SSSR count). The van der Waals surface area contributed by atoms with Gasteiger partial charge in [-0.3, -0.25) is 4.90 Å². The molecule has 0 unspecified atom stereocenters. The van der Waals surface area contributed by atoms with E-state index in [9.17, 15) is 0 Å². The van der Waals surface area contributed by atoms with Crippen LogP contribution in [0, 0.1) is 18.3 Å². The third-order valence-corrected chi connectivity index (χ3v) is 3.36. The van der Waals surface area contributed by atoms with E-state index in [-0.39, 0.29) is 0 Å². The molecular weight excluding hydrogens is 208 g/mol. The van der Waals surface area contributed by atoms with Gasteiger partial charge in [0.25, 0.3) is 0 Å². The largest absolute Gasteiger partial charge is 0.317 e. The Morgan fingerprint density at radius 2 is 2.00 bits per heavy atom. The fraction of sp³-hybridized carbons (Fsp3) is 0.867. The summed E-state index contributed by atoms with van der Waals surface area (Å²) in [6, 6.07) is 0. The number of unbranched alkanes of at least 4 members (excludes halogenated alkanes) is 3. The summed E-state index contributed by atoms with van der Waals surface area (Å²) in [6.45, 7) is 7.71. The Morgan fingerprint density at radius 1 is 1.24 bits per heavy atom. The van der Waals surface area contributed by atoms with Crippen LogP contribution in [0.1, 0.15) is 45.4 Å². The SMILES string of the molecule is C#CCN(CCCCCCNCC)CC1CC1. The Bertz CT molecular complexity index is 215. The van der Waals surface area contributed by atoms with Gasteiger partial charge in [-0.15, -0.1) is 6.42 Å². The predicted molar refractivity (Wildman–Crippen MR) is 75.0 cm³/mol. The van der Waals surface area contributed by atoms with Gasteiger partial charge in [0.1, 0.15) is 0 Å². The molecule has 0 bridgehead atoms. The van der Waals surface area contributed by atoms with Gasteiger partial charge in [-0.25, -0.2) is 0 Å². The molecule has 0 amide bonds. The molecule has 0 radical (unpaired) electrons. The highest BCUT2D eigenvalue weighted by Crippen LogP contribution is 2.29. The van der Waals surface area contributed by atoms with E-state index >= 15 is 0 Å². The summed E-state index contributed by atoms with van der Waals surface area (Å²) in [5, 5.41) is 3.37. The first-order valence-electron chi connectivity index (χ1n) is 7.23. The molecule has 17 heavy (non-hydrogen) atoms. The standard InChI is InChI=1S/C15H28N2/c1-3-12-17(14-15-9-10-15)13-8-6-5-7-11-16-4-2/h1,15-16H,4-14H2,2H3. The lowest BCUT2D eigenvalue weighted by Gasteiger charge is -2.19. The van der Waals surface area contributed by atoms with Crippen molar-refractivity contribution < 1.29 is 0 Å². The highest BCUT2D eigenvalue weighted by molar-refractivity contribution is 4.90. The van der Waals surface area contributed by atoms with Crippen LogP contribution in [0.4, 0.5) is 0 Å². The third kappa shape index (κ3) is 8.24. The van der Waals surface area contributed by atoms with Gasteiger partial charge in [-0.2, -0.15) is 0 Å². The van der Waals surface area contributed by atoms with Crippen LogP contribution < -0.4 is 5.32 Å². The first kappa shape index (κ1) is 14.5. The fourth-order valence-electron chi connectivity index (χ4n) is 2.15. The van der Waals surface area contributed by atoms with E-state index in [1.165, 1.54) is 58.2 Å². The third-order valence-electron chi connectivity index (χ3n) is 3.36. The minimum Gasteiger partial charge on any atom is -0.317 e. The van der Waals surface area contributed by atoms with E-state index in [1.54, 1.807) is 0 Å². The molecule has 0 aromatic heterocycles. The molecule has 0 spiro atoms. The Kier molecular flexibility index (Phi) is 8.13. The molecule has 2 nitrogen and oxygen atoms in total. The van der Waals surface area contributed by atoms with Crippen molar-refractivity contribution in [3.05, 3.63) is 0 Å². The molecule has 0 aliphatic heterocycles. The lowest BCUT2D eigenvalue weighted by Crippen LogP contribution is -2.27. The quantitative estimate of drug-likeness (QED) is 0.438. The fourth-order valence-corrected chi connectivity index (χ4v) is 2.15. The summed E-state index contributed by atoms with van der Waals surface area (Å²) in [5.74, 6) is 3.74. The number of terminal acetylenes is 1. The number of nitrogens with one attached hydrogen (secondary N) is 1. The van der Waals surface area contributed by atoms with Crippen LogP contribution in [-0.2, 0) is 0 Å². The first-order valence-corrected chi connectivity index (χ1v) is 7.23. The summed E-state index contributed by atoms with van der Waals surface area (Å²) >= 11 is 0. The minimum atomic E-state index is 0.841. The summed E-state index contributed by atoms with van der Waals surface area (Å²) in [6.07, 6.45) is 13.6. The van der Waals surface area contributed by atoms with E-state index < -0.39 is 0 Å². The zero-order chi connectivity index (χ0) is 12.3. The average molecular weight is 236 g/mol. The number of rotatable bonds is 11. The van der Waals surface area contributed by atoms with Crippen molar-refractivity contribution in [2.75, 3.05) is 32.7 Å². The molecule has 1 aliphatic rings. The molecule has 2 heteroatoms. The molecule has 1 saturated carbocycles. The second-order valence-electron chi connectivity index (χ2n) is 5.15. The minimum absolute atomic E-state index is 0.841. The number of hydrogen-bond acceptors (Lipinski definition) is 2. The van der Waals surface area contributed by atoms with Crippen LogP contribution in [-0.4, -0.2) is 37.6 Å². The number of hydrogen-bond donors (Lipinski definition) is 1. The molecular formula is C15H28N2. The van der Waals surface area contributed by atoms with Gasteiger partial charge in [-0.05, 0) is 51.2 Å². The second-order valence-corrected chi connectivity index (χ2v) is 5.15. The molecule has 0 saturated heterocycles. The molecule has 0 aromatic rings. The van der Waals surface area contributed by atoms with E-state index in [0.717, 1.165) is 19.0 Å². The van der Waals surface area contributed by atoms with Crippen molar-refractivity contribution in [1.29, 1.82) is 0 Å². The smallest absolute Gasteiger partial charge is 0.0599 e. The summed E-state index contributed by atoms with van der Waals surface area (Å²) in [4.78, 5) is 2.46.